The van der Waals surface area contributed by atoms with Gasteiger partial charge in [-0.25, -0.2) is 13.8 Å². The number of hydrogen-bond acceptors (Lipinski definition) is 7. The Morgan fingerprint density at radius 2 is 1.74 bits per heavy atom. The number of aromatic amines is 1. The zero-order chi connectivity index (χ0) is 33.1. The number of alkyl halides is 2. The average Bonchev–Trinajstić information content (AvgIpc) is 3.05. The van der Waals surface area contributed by atoms with Crippen LogP contribution in [0.1, 0.15) is 20.7 Å². The third-order valence-electron chi connectivity index (χ3n) is 7.81. The van der Waals surface area contributed by atoms with Crippen molar-refractivity contribution in [3.05, 3.63) is 106 Å². The normalized spacial score (nSPS) is 13.6. The van der Waals surface area contributed by atoms with E-state index in [1.165, 1.54) is 30.5 Å². The number of benzene rings is 3. The van der Waals surface area contributed by atoms with Crippen molar-refractivity contribution in [2.75, 3.05) is 49.6 Å². The van der Waals surface area contributed by atoms with Crippen LogP contribution in [0.4, 0.5) is 34.6 Å². The van der Waals surface area contributed by atoms with Crippen molar-refractivity contribution in [3.8, 4) is 0 Å². The van der Waals surface area contributed by atoms with Gasteiger partial charge in [0.1, 0.15) is 17.3 Å². The van der Waals surface area contributed by atoms with E-state index >= 15 is 0 Å². The van der Waals surface area contributed by atoms with Gasteiger partial charge < -0.3 is 20.4 Å². The second-order valence-electron chi connectivity index (χ2n) is 10.7. The molecule has 6 rings (SSSR count). The molecule has 0 unspecified atom stereocenters. The van der Waals surface area contributed by atoms with Crippen LogP contribution >= 0.6 is 0 Å². The van der Waals surface area contributed by atoms with Gasteiger partial charge in [0.15, 0.2) is 0 Å². The summed E-state index contributed by atoms with van der Waals surface area (Å²) in [6, 6.07) is 14.0. The largest absolute Gasteiger partial charge is 0.379 e. The number of ether oxygens (including phenoxy) is 1. The van der Waals surface area contributed by atoms with Crippen molar-refractivity contribution in [1.82, 2.24) is 20.2 Å². The summed E-state index contributed by atoms with van der Waals surface area (Å²) in [6.45, 7) is 0.547. The average molecular weight is 649 g/mol. The minimum Gasteiger partial charge on any atom is -0.379 e. The smallest absolute Gasteiger partial charge is 0.321 e. The molecule has 3 N–H and O–H groups in total. The van der Waals surface area contributed by atoms with Crippen LogP contribution in [0.15, 0.2) is 77.7 Å². The first-order chi connectivity index (χ1) is 22.7. The number of morpholine rings is 1. The predicted molar refractivity (Wildman–Crippen MR) is 168 cm³/mol. The predicted octanol–water partition coefficient (Wildman–Crippen LogP) is 5.03. The molecule has 3 heterocycles. The summed E-state index contributed by atoms with van der Waals surface area (Å²) in [5.74, 6) is -3.95. The molecule has 10 nitrogen and oxygen atoms in total. The quantitative estimate of drug-likeness (QED) is 0.117. The van der Waals surface area contributed by atoms with Crippen LogP contribution in [0.25, 0.3) is 21.8 Å². The van der Waals surface area contributed by atoms with Crippen molar-refractivity contribution in [2.24, 2.45) is 0 Å². The Morgan fingerprint density at radius 1 is 0.979 bits per heavy atom. The first-order valence-electron chi connectivity index (χ1n) is 14.7. The SMILES string of the molecule is O=C(NCCN1CCOCC1)c1cccc2c1c(=O)[nH]c1nccc(Nc3ccc(N(C(=O)c4ccc(F)cc4F)C(F)F)cc3)c12. The molecule has 2 aromatic heterocycles. The molecule has 1 fully saturated rings. The number of rotatable bonds is 9. The van der Waals surface area contributed by atoms with Crippen LogP contribution in [-0.4, -0.2) is 72.6 Å². The molecule has 1 aliphatic heterocycles. The second kappa shape index (κ2) is 13.6. The number of aromatic nitrogens is 2. The summed E-state index contributed by atoms with van der Waals surface area (Å²) in [6.07, 6.45) is 1.47. The van der Waals surface area contributed by atoms with E-state index in [0.717, 1.165) is 25.2 Å². The lowest BCUT2D eigenvalue weighted by Gasteiger charge is -2.26. The molecule has 2 amide bonds. The van der Waals surface area contributed by atoms with E-state index in [1.54, 1.807) is 24.3 Å². The number of nitrogens with one attached hydrogen (secondary N) is 3. The van der Waals surface area contributed by atoms with Crippen LogP contribution in [0.3, 0.4) is 0 Å². The topological polar surface area (TPSA) is 120 Å². The standard InChI is InChI=1S/C33H28F4N6O4/c34-19-4-9-22(25(35)18-19)32(46)43(33(36)37)21-7-5-20(6-8-21)40-26-10-11-38-29-28(26)23-2-1-3-24(27(23)31(45)41-29)30(44)39-12-13-42-14-16-47-17-15-42/h1-11,18,33H,12-17H2,(H,39,44)(H2,38,40,41,45). The second-order valence-corrected chi connectivity index (χ2v) is 10.7. The van der Waals surface area contributed by atoms with Gasteiger partial charge in [-0.1, -0.05) is 12.1 Å². The van der Waals surface area contributed by atoms with Gasteiger partial charge in [-0.2, -0.15) is 8.78 Å². The van der Waals surface area contributed by atoms with Crippen LogP contribution in [0, 0.1) is 11.6 Å². The Balaban J connectivity index is 1.28. The fraction of sp³-hybridized carbons (Fsp3) is 0.212. The number of fused-ring (bicyclic) bond motifs is 3. The number of anilines is 3. The molecule has 47 heavy (non-hydrogen) atoms. The maximum Gasteiger partial charge on any atom is 0.321 e. The molecule has 1 aliphatic rings. The van der Waals surface area contributed by atoms with Crippen molar-refractivity contribution >= 4 is 50.7 Å². The summed E-state index contributed by atoms with van der Waals surface area (Å²) in [5, 5.41) is 7.21. The van der Waals surface area contributed by atoms with Gasteiger partial charge in [0, 0.05) is 60.6 Å². The summed E-state index contributed by atoms with van der Waals surface area (Å²) in [4.78, 5) is 48.5. The van der Waals surface area contributed by atoms with Gasteiger partial charge in [0.05, 0.1) is 35.4 Å². The first kappa shape index (κ1) is 31.6. The number of halogens is 4. The summed E-state index contributed by atoms with van der Waals surface area (Å²) in [5.41, 5.74) is -0.0573. The van der Waals surface area contributed by atoms with Crippen LogP contribution in [0.5, 0.6) is 0 Å². The zero-order valence-corrected chi connectivity index (χ0v) is 24.7. The van der Waals surface area contributed by atoms with E-state index in [-0.39, 0.29) is 27.2 Å². The Labute approximate surface area is 265 Å². The van der Waals surface area contributed by atoms with Crippen molar-refractivity contribution in [3.63, 3.8) is 0 Å². The molecule has 0 radical (unpaired) electrons. The van der Waals surface area contributed by atoms with Gasteiger partial charge in [-0.05, 0) is 48.5 Å². The highest BCUT2D eigenvalue weighted by Crippen LogP contribution is 2.32. The number of pyridine rings is 2. The monoisotopic (exact) mass is 648 g/mol. The lowest BCUT2D eigenvalue weighted by Crippen LogP contribution is -2.41. The van der Waals surface area contributed by atoms with Crippen molar-refractivity contribution in [1.29, 1.82) is 0 Å². The van der Waals surface area contributed by atoms with Crippen molar-refractivity contribution in [2.45, 2.75) is 6.55 Å². The molecule has 3 aromatic carbocycles. The minimum absolute atomic E-state index is 0.105. The lowest BCUT2D eigenvalue weighted by atomic mass is 10.0. The third-order valence-corrected chi connectivity index (χ3v) is 7.81. The minimum atomic E-state index is -3.32. The Morgan fingerprint density at radius 3 is 2.47 bits per heavy atom. The number of hydrogen-bond donors (Lipinski definition) is 3. The number of H-pyrrole nitrogens is 1. The highest BCUT2D eigenvalue weighted by atomic mass is 19.3. The Bertz CT molecular complexity index is 2020. The van der Waals surface area contributed by atoms with Gasteiger partial charge in [0.2, 0.25) is 0 Å². The number of carbonyl (C=O) groups is 2. The molecule has 0 saturated carbocycles. The maximum atomic E-state index is 14.2. The number of nitrogens with zero attached hydrogens (tertiary/aromatic N) is 3. The van der Waals surface area contributed by atoms with E-state index in [0.29, 0.717) is 54.5 Å². The molecular weight excluding hydrogens is 620 g/mol. The fourth-order valence-corrected chi connectivity index (χ4v) is 5.52. The molecule has 14 heteroatoms. The van der Waals surface area contributed by atoms with Gasteiger partial charge in [0.25, 0.3) is 17.4 Å². The van der Waals surface area contributed by atoms with Gasteiger partial charge in [-0.3, -0.25) is 24.2 Å². The highest BCUT2D eigenvalue weighted by molar-refractivity contribution is 6.16. The molecular formula is C33H28F4N6O4. The highest BCUT2D eigenvalue weighted by Gasteiger charge is 2.28. The number of amides is 2. The molecule has 242 valence electrons. The van der Waals surface area contributed by atoms with Crippen LogP contribution < -0.4 is 21.1 Å². The molecule has 5 aromatic rings. The van der Waals surface area contributed by atoms with E-state index in [9.17, 15) is 31.9 Å². The lowest BCUT2D eigenvalue weighted by molar-refractivity contribution is 0.0383. The summed E-state index contributed by atoms with van der Waals surface area (Å²) >= 11 is 0. The van der Waals surface area contributed by atoms with Crippen molar-refractivity contribution < 1.29 is 31.9 Å². The van der Waals surface area contributed by atoms with E-state index < -0.39 is 41.1 Å². The Hall–Kier alpha value is -5.34. The van der Waals surface area contributed by atoms with Gasteiger partial charge >= 0.3 is 6.55 Å². The molecule has 0 bridgehead atoms. The third kappa shape index (κ3) is 6.64. The van der Waals surface area contributed by atoms with Gasteiger partial charge in [-0.15, -0.1) is 0 Å². The molecule has 1 saturated heterocycles. The summed E-state index contributed by atoms with van der Waals surface area (Å²) < 4.78 is 60.9. The maximum absolute atomic E-state index is 14.2. The zero-order valence-electron chi connectivity index (χ0n) is 24.7. The van der Waals surface area contributed by atoms with E-state index in [1.807, 2.05) is 0 Å². The molecule has 0 spiro atoms. The van der Waals surface area contributed by atoms with E-state index in [2.05, 4.69) is 25.5 Å². The molecule has 0 atom stereocenters. The fourth-order valence-electron chi connectivity index (χ4n) is 5.52. The van der Waals surface area contributed by atoms with Crippen LogP contribution in [0.2, 0.25) is 0 Å². The van der Waals surface area contributed by atoms with Crippen LogP contribution in [-0.2, 0) is 4.74 Å². The first-order valence-corrected chi connectivity index (χ1v) is 14.7. The Kier molecular flexibility index (Phi) is 9.13. The number of carbonyl (C=O) groups excluding carboxylic acids is 2. The molecule has 0 aliphatic carbocycles. The van der Waals surface area contributed by atoms with E-state index in [4.69, 9.17) is 4.74 Å². The summed E-state index contributed by atoms with van der Waals surface area (Å²) in [7, 11) is 0.